The van der Waals surface area contributed by atoms with Crippen molar-refractivity contribution in [3.8, 4) is 0 Å². The average molecular weight is 295 g/mol. The van der Waals surface area contributed by atoms with Gasteiger partial charge in [-0.15, -0.1) is 11.3 Å². The zero-order chi connectivity index (χ0) is 14.7. The van der Waals surface area contributed by atoms with E-state index in [1.165, 1.54) is 4.88 Å². The molecule has 0 radical (unpaired) electrons. The lowest BCUT2D eigenvalue weighted by Gasteiger charge is -2.09. The maximum absolute atomic E-state index is 11.9. The molecule has 2 rings (SSSR count). The summed E-state index contributed by atoms with van der Waals surface area (Å²) in [6.07, 6.45) is 0.890. The maximum Gasteiger partial charge on any atom is 0.264 e. The van der Waals surface area contributed by atoms with Gasteiger partial charge in [0.05, 0.1) is 16.4 Å². The molecule has 0 aliphatic carbocycles. The van der Waals surface area contributed by atoms with Crippen molar-refractivity contribution >= 4 is 23.0 Å². The number of carbonyl (C=O) groups excluding carboxylic acids is 1. The van der Waals surface area contributed by atoms with Crippen LogP contribution in [0.3, 0.4) is 0 Å². The van der Waals surface area contributed by atoms with Crippen LogP contribution in [0.25, 0.3) is 0 Å². The minimum atomic E-state index is -0.466. The third kappa shape index (κ3) is 3.56. The number of thiazole rings is 1. The Kier molecular flexibility index (Phi) is 4.75. The molecule has 1 aromatic rings. The molecule has 20 heavy (non-hydrogen) atoms. The minimum Gasteiger partial charge on any atom is -0.382 e. The normalized spacial score (nSPS) is 18.1. The Labute approximate surface area is 123 Å². The Hall–Kier alpha value is -1.43. The van der Waals surface area contributed by atoms with Crippen molar-refractivity contribution in [2.45, 2.75) is 46.6 Å². The Balaban J connectivity index is 1.74. The fraction of sp³-hybridized carbons (Fsp3) is 0.643. The maximum atomic E-state index is 11.9. The Bertz CT molecular complexity index is 503. The van der Waals surface area contributed by atoms with Crippen LogP contribution in [0.15, 0.2) is 5.16 Å². The van der Waals surface area contributed by atoms with Gasteiger partial charge in [-0.2, -0.15) is 0 Å². The largest absolute Gasteiger partial charge is 0.382 e. The molecule has 2 heterocycles. The van der Waals surface area contributed by atoms with Crippen LogP contribution in [0.1, 0.15) is 35.8 Å². The van der Waals surface area contributed by atoms with Gasteiger partial charge in [0.15, 0.2) is 0 Å². The standard InChI is InChI=1S/C14H21N3O2S/c1-8(2)11-7-12(19-17-11)14(18)15-6-5-13-16-9(3)10(4)20-13/h8,12H,5-7H2,1-4H3,(H,15,18)/t12-/m1/s1. The highest BCUT2D eigenvalue weighted by atomic mass is 32.1. The number of carbonyl (C=O) groups is 1. The molecule has 0 aromatic carbocycles. The number of nitrogens with one attached hydrogen (secondary N) is 1. The second kappa shape index (κ2) is 6.35. The first-order valence-corrected chi connectivity index (χ1v) is 7.72. The van der Waals surface area contributed by atoms with Gasteiger partial charge in [-0.3, -0.25) is 4.79 Å². The SMILES string of the molecule is Cc1nc(CCNC(=O)[C@H]2CC(C(C)C)=NO2)sc1C. The van der Waals surface area contributed by atoms with Crippen molar-refractivity contribution in [3.63, 3.8) is 0 Å². The molecule has 1 aromatic heterocycles. The van der Waals surface area contributed by atoms with Crippen LogP contribution in [0.4, 0.5) is 0 Å². The number of hydrogen-bond donors (Lipinski definition) is 1. The molecule has 0 fully saturated rings. The van der Waals surface area contributed by atoms with Crippen LogP contribution in [0, 0.1) is 19.8 Å². The molecule has 1 amide bonds. The third-order valence-electron chi connectivity index (χ3n) is 3.36. The van der Waals surface area contributed by atoms with E-state index in [4.69, 9.17) is 4.84 Å². The smallest absolute Gasteiger partial charge is 0.264 e. The Morgan fingerprint density at radius 1 is 1.50 bits per heavy atom. The molecule has 0 bridgehead atoms. The topological polar surface area (TPSA) is 63.6 Å². The predicted molar refractivity (Wildman–Crippen MR) is 80.1 cm³/mol. The highest BCUT2D eigenvalue weighted by Gasteiger charge is 2.28. The minimum absolute atomic E-state index is 0.0885. The molecule has 1 aliphatic heterocycles. The summed E-state index contributed by atoms with van der Waals surface area (Å²) in [7, 11) is 0. The summed E-state index contributed by atoms with van der Waals surface area (Å²) in [6, 6.07) is 0. The molecule has 0 saturated heterocycles. The number of aryl methyl sites for hydroxylation is 2. The lowest BCUT2D eigenvalue weighted by atomic mass is 10.0. The molecular weight excluding hydrogens is 274 g/mol. The molecule has 1 aliphatic rings. The second-order valence-electron chi connectivity index (χ2n) is 5.33. The highest BCUT2D eigenvalue weighted by molar-refractivity contribution is 7.11. The molecule has 0 saturated carbocycles. The van der Waals surface area contributed by atoms with E-state index >= 15 is 0 Å². The van der Waals surface area contributed by atoms with E-state index in [9.17, 15) is 4.79 Å². The summed E-state index contributed by atoms with van der Waals surface area (Å²) in [5.41, 5.74) is 2.03. The Morgan fingerprint density at radius 2 is 2.25 bits per heavy atom. The van der Waals surface area contributed by atoms with Crippen molar-refractivity contribution in [1.29, 1.82) is 0 Å². The number of hydrogen-bond acceptors (Lipinski definition) is 5. The quantitative estimate of drug-likeness (QED) is 0.906. The second-order valence-corrected chi connectivity index (χ2v) is 6.61. The van der Waals surface area contributed by atoms with Crippen molar-refractivity contribution in [2.75, 3.05) is 6.54 Å². The van der Waals surface area contributed by atoms with E-state index in [2.05, 4.69) is 36.2 Å². The van der Waals surface area contributed by atoms with E-state index in [0.29, 0.717) is 18.9 Å². The highest BCUT2D eigenvalue weighted by Crippen LogP contribution is 2.17. The number of oxime groups is 1. The molecule has 1 N–H and O–H groups in total. The van der Waals surface area contributed by atoms with Gasteiger partial charge < -0.3 is 10.2 Å². The first-order valence-electron chi connectivity index (χ1n) is 6.90. The molecule has 1 atom stereocenters. The fourth-order valence-corrected chi connectivity index (χ4v) is 2.86. The van der Waals surface area contributed by atoms with Gasteiger partial charge in [-0.25, -0.2) is 4.98 Å². The van der Waals surface area contributed by atoms with Crippen molar-refractivity contribution < 1.29 is 9.63 Å². The fourth-order valence-electron chi connectivity index (χ4n) is 1.93. The third-order valence-corrected chi connectivity index (χ3v) is 4.49. The molecule has 6 heteroatoms. The number of rotatable bonds is 5. The van der Waals surface area contributed by atoms with Gasteiger partial charge in [0, 0.05) is 24.3 Å². The van der Waals surface area contributed by atoms with Crippen molar-refractivity contribution in [3.05, 3.63) is 15.6 Å². The first kappa shape index (κ1) is 15.0. The summed E-state index contributed by atoms with van der Waals surface area (Å²) in [5.74, 6) is 0.239. The summed E-state index contributed by atoms with van der Waals surface area (Å²) in [5, 5.41) is 7.92. The zero-order valence-electron chi connectivity index (χ0n) is 12.4. The Morgan fingerprint density at radius 3 is 2.80 bits per heavy atom. The summed E-state index contributed by atoms with van der Waals surface area (Å²) >= 11 is 1.69. The first-order chi connectivity index (χ1) is 9.47. The van der Waals surface area contributed by atoms with E-state index in [1.54, 1.807) is 11.3 Å². The number of aromatic nitrogens is 1. The van der Waals surface area contributed by atoms with E-state index in [1.807, 2.05) is 6.92 Å². The molecule has 5 nitrogen and oxygen atoms in total. The zero-order valence-corrected chi connectivity index (χ0v) is 13.2. The van der Waals surface area contributed by atoms with E-state index < -0.39 is 6.10 Å². The van der Waals surface area contributed by atoms with E-state index in [-0.39, 0.29) is 5.91 Å². The average Bonchev–Trinajstić information content (AvgIpc) is 2.97. The summed E-state index contributed by atoms with van der Waals surface area (Å²) in [4.78, 5) is 22.8. The van der Waals surface area contributed by atoms with Crippen molar-refractivity contribution in [1.82, 2.24) is 10.3 Å². The van der Waals surface area contributed by atoms with Crippen LogP contribution in [0.2, 0.25) is 0 Å². The van der Waals surface area contributed by atoms with Gasteiger partial charge in [0.25, 0.3) is 5.91 Å². The van der Waals surface area contributed by atoms with Gasteiger partial charge in [-0.1, -0.05) is 19.0 Å². The predicted octanol–water partition coefficient (Wildman–Crippen LogP) is 2.22. The summed E-state index contributed by atoms with van der Waals surface area (Å²) < 4.78 is 0. The van der Waals surface area contributed by atoms with Gasteiger partial charge >= 0.3 is 0 Å². The van der Waals surface area contributed by atoms with Crippen LogP contribution in [0.5, 0.6) is 0 Å². The van der Waals surface area contributed by atoms with Crippen LogP contribution < -0.4 is 5.32 Å². The van der Waals surface area contributed by atoms with Crippen molar-refractivity contribution in [2.24, 2.45) is 11.1 Å². The number of nitrogens with zero attached hydrogens (tertiary/aromatic N) is 2. The van der Waals surface area contributed by atoms with E-state index in [0.717, 1.165) is 22.8 Å². The summed E-state index contributed by atoms with van der Waals surface area (Å²) in [6.45, 7) is 8.75. The molecule has 0 unspecified atom stereocenters. The van der Waals surface area contributed by atoms with Crippen LogP contribution in [-0.4, -0.2) is 29.3 Å². The van der Waals surface area contributed by atoms with Crippen LogP contribution >= 0.6 is 11.3 Å². The molecule has 0 spiro atoms. The monoisotopic (exact) mass is 295 g/mol. The van der Waals surface area contributed by atoms with Crippen LogP contribution in [-0.2, 0) is 16.1 Å². The molecular formula is C14H21N3O2S. The molecule has 110 valence electrons. The van der Waals surface area contributed by atoms with Gasteiger partial charge in [0.1, 0.15) is 0 Å². The van der Waals surface area contributed by atoms with Gasteiger partial charge in [0.2, 0.25) is 6.10 Å². The number of amides is 1. The lowest BCUT2D eigenvalue weighted by molar-refractivity contribution is -0.131. The van der Waals surface area contributed by atoms with Gasteiger partial charge in [-0.05, 0) is 19.8 Å². The lowest BCUT2D eigenvalue weighted by Crippen LogP contribution is -2.36.